The van der Waals surface area contributed by atoms with Gasteiger partial charge in [0.25, 0.3) is 0 Å². The van der Waals surface area contributed by atoms with Crippen molar-refractivity contribution in [2.24, 2.45) is 33.0 Å². The normalized spacial score (nSPS) is 47.9. The maximum atomic E-state index is 12.8. The molecule has 0 radical (unpaired) electrons. The molecule has 0 aromatic heterocycles. The summed E-state index contributed by atoms with van der Waals surface area (Å²) in [5.74, 6) is -0.491. The highest BCUT2D eigenvalue weighted by Crippen LogP contribution is 2.75. The Balaban J connectivity index is 1.63. The molecule has 5 aliphatic carbocycles. The highest BCUT2D eigenvalue weighted by atomic mass is 16.3. The third-order valence-electron chi connectivity index (χ3n) is 12.0. The molecule has 0 bridgehead atoms. The molecule has 0 spiro atoms. The lowest BCUT2D eigenvalue weighted by molar-refractivity contribution is -0.156. The summed E-state index contributed by atoms with van der Waals surface area (Å²) >= 11 is 0. The third kappa shape index (κ3) is 3.07. The first-order valence-corrected chi connectivity index (χ1v) is 13.7. The number of allylic oxidation sites excluding steroid dienone is 5. The topological polar surface area (TPSA) is 83.5 Å². The first-order valence-electron chi connectivity index (χ1n) is 13.7. The number of amides is 1. The average molecular weight is 494 g/mol. The Morgan fingerprint density at radius 1 is 0.944 bits per heavy atom. The number of aliphatic hydroxyl groups excluding tert-OH is 1. The van der Waals surface area contributed by atoms with Crippen molar-refractivity contribution in [2.45, 2.75) is 99.0 Å². The zero-order chi connectivity index (χ0) is 26.5. The molecular formula is C31H43NO4. The molecule has 196 valence electrons. The second-order valence-corrected chi connectivity index (χ2v) is 14.1. The van der Waals surface area contributed by atoms with E-state index in [0.717, 1.165) is 56.1 Å². The standard InChI is InChI=1S/C31H43NO4/c1-19(34)32-27(3)12-10-26(2)11-14-30(6)23-9-8-20-21(16-22(35)25(36)29(20,5)18-33)28(23,4)13-15-31(30,7)24(26)17-27/h8-9,16,24,33H,10-15,17-18H2,1-7H3,(H,32,34)/t24-,26-,27-,28+,29+,30-,31+/m1/s1. The van der Waals surface area contributed by atoms with Crippen LogP contribution in [0.2, 0.25) is 0 Å². The van der Waals surface area contributed by atoms with E-state index in [1.165, 1.54) is 5.57 Å². The van der Waals surface area contributed by atoms with Gasteiger partial charge in [-0.05, 0) is 98.2 Å². The van der Waals surface area contributed by atoms with E-state index < -0.39 is 17.0 Å². The van der Waals surface area contributed by atoms with Crippen LogP contribution in [-0.4, -0.2) is 34.7 Å². The van der Waals surface area contributed by atoms with Crippen molar-refractivity contribution in [1.29, 1.82) is 0 Å². The lowest BCUT2D eigenvalue weighted by Gasteiger charge is -2.70. The van der Waals surface area contributed by atoms with Crippen LogP contribution in [0.1, 0.15) is 93.4 Å². The van der Waals surface area contributed by atoms with E-state index in [0.29, 0.717) is 5.92 Å². The number of rotatable bonds is 2. The SMILES string of the molecule is CC(=O)N[C@]1(C)CC[C@]2(C)CC[C@]3(C)C4=CC=C5C(=CC(=O)C(=O)[C@@]5(C)CO)[C@]4(C)CC[C@@]3(C)[C@@H]2C1. The smallest absolute Gasteiger partial charge is 0.222 e. The highest BCUT2D eigenvalue weighted by molar-refractivity contribution is 6.45. The number of carbonyl (C=O) groups excluding carboxylic acids is 3. The predicted molar refractivity (Wildman–Crippen MR) is 140 cm³/mol. The molecule has 5 rings (SSSR count). The molecule has 0 unspecified atom stereocenters. The Morgan fingerprint density at radius 2 is 1.61 bits per heavy atom. The molecule has 2 N–H and O–H groups in total. The van der Waals surface area contributed by atoms with E-state index in [1.54, 1.807) is 19.9 Å². The molecule has 3 saturated carbocycles. The summed E-state index contributed by atoms with van der Waals surface area (Å²) in [6.45, 7) is 14.8. The van der Waals surface area contributed by atoms with Crippen molar-refractivity contribution in [3.8, 4) is 0 Å². The molecule has 5 nitrogen and oxygen atoms in total. The lowest BCUT2D eigenvalue weighted by Crippen LogP contribution is -2.64. The van der Waals surface area contributed by atoms with E-state index >= 15 is 0 Å². The predicted octanol–water partition coefficient (Wildman–Crippen LogP) is 5.24. The molecule has 0 aliphatic heterocycles. The number of hydrogen-bond acceptors (Lipinski definition) is 4. The van der Waals surface area contributed by atoms with Crippen molar-refractivity contribution < 1.29 is 19.5 Å². The number of hydrogen-bond donors (Lipinski definition) is 2. The third-order valence-corrected chi connectivity index (χ3v) is 12.0. The van der Waals surface area contributed by atoms with Gasteiger partial charge in [0.05, 0.1) is 12.0 Å². The van der Waals surface area contributed by atoms with Crippen molar-refractivity contribution in [2.75, 3.05) is 6.61 Å². The fraction of sp³-hybridized carbons (Fsp3) is 0.710. The van der Waals surface area contributed by atoms with Gasteiger partial charge < -0.3 is 10.4 Å². The van der Waals surface area contributed by atoms with Crippen molar-refractivity contribution in [3.63, 3.8) is 0 Å². The van der Waals surface area contributed by atoms with Gasteiger partial charge >= 0.3 is 0 Å². The van der Waals surface area contributed by atoms with Crippen LogP contribution in [0.3, 0.4) is 0 Å². The molecule has 1 amide bonds. The fourth-order valence-electron chi connectivity index (χ4n) is 9.39. The van der Waals surface area contributed by atoms with E-state index in [4.69, 9.17) is 0 Å². The summed E-state index contributed by atoms with van der Waals surface area (Å²) in [5.41, 5.74) is 1.64. The van der Waals surface area contributed by atoms with Gasteiger partial charge in [-0.2, -0.15) is 0 Å². The number of nitrogens with one attached hydrogen (secondary N) is 1. The number of ketones is 2. The summed E-state index contributed by atoms with van der Waals surface area (Å²) in [6, 6.07) is 0. The van der Waals surface area contributed by atoms with Crippen LogP contribution < -0.4 is 5.32 Å². The maximum Gasteiger partial charge on any atom is 0.222 e. The molecule has 0 saturated heterocycles. The zero-order valence-electron chi connectivity index (χ0n) is 23.1. The van der Waals surface area contributed by atoms with Crippen LogP contribution in [0, 0.1) is 33.0 Å². The van der Waals surface area contributed by atoms with Crippen molar-refractivity contribution in [1.82, 2.24) is 5.32 Å². The van der Waals surface area contributed by atoms with Crippen molar-refractivity contribution >= 4 is 17.5 Å². The van der Waals surface area contributed by atoms with Gasteiger partial charge in [0.2, 0.25) is 17.5 Å². The minimum atomic E-state index is -1.18. The van der Waals surface area contributed by atoms with Crippen molar-refractivity contribution in [3.05, 3.63) is 34.9 Å². The number of carbonyl (C=O) groups is 3. The van der Waals surface area contributed by atoms with E-state index in [1.807, 2.05) is 6.08 Å². The van der Waals surface area contributed by atoms with Gasteiger partial charge in [0.15, 0.2) is 0 Å². The molecule has 36 heavy (non-hydrogen) atoms. The molecular weight excluding hydrogens is 450 g/mol. The van der Waals surface area contributed by atoms with Gasteiger partial charge in [0, 0.05) is 17.9 Å². The second kappa shape index (κ2) is 7.52. The molecule has 0 aromatic rings. The largest absolute Gasteiger partial charge is 0.395 e. The van der Waals surface area contributed by atoms with Gasteiger partial charge in [-0.1, -0.05) is 45.4 Å². The Hall–Kier alpha value is -2.01. The molecule has 0 heterocycles. The van der Waals surface area contributed by atoms with Crippen LogP contribution in [-0.2, 0) is 14.4 Å². The monoisotopic (exact) mass is 493 g/mol. The zero-order valence-corrected chi connectivity index (χ0v) is 23.1. The Bertz CT molecular complexity index is 1160. The number of fused-ring (bicyclic) bond motifs is 7. The van der Waals surface area contributed by atoms with Crippen LogP contribution >= 0.6 is 0 Å². The highest BCUT2D eigenvalue weighted by Gasteiger charge is 2.67. The van der Waals surface area contributed by atoms with Gasteiger partial charge in [0.1, 0.15) is 0 Å². The number of Topliss-reactive ketones (excluding diaryl/α,β-unsaturated/α-hetero) is 1. The lowest BCUT2D eigenvalue weighted by atomic mass is 9.34. The Morgan fingerprint density at radius 3 is 2.25 bits per heavy atom. The Kier molecular flexibility index (Phi) is 5.36. The summed E-state index contributed by atoms with van der Waals surface area (Å²) < 4.78 is 0. The van der Waals surface area contributed by atoms with E-state index in [2.05, 4.69) is 46.0 Å². The molecule has 0 aromatic carbocycles. The fourth-order valence-corrected chi connectivity index (χ4v) is 9.39. The van der Waals surface area contributed by atoms with Crippen LogP contribution in [0.4, 0.5) is 0 Å². The first-order chi connectivity index (χ1) is 16.6. The second-order valence-electron chi connectivity index (χ2n) is 14.1. The summed E-state index contributed by atoms with van der Waals surface area (Å²) in [6.07, 6.45) is 13.1. The van der Waals surface area contributed by atoms with Crippen LogP contribution in [0.5, 0.6) is 0 Å². The number of aliphatic hydroxyl groups is 1. The molecule has 7 atom stereocenters. The van der Waals surface area contributed by atoms with Crippen LogP contribution in [0.25, 0.3) is 0 Å². The summed E-state index contributed by atoms with van der Waals surface area (Å²) in [4.78, 5) is 37.7. The average Bonchev–Trinajstić information content (AvgIpc) is 2.80. The molecule has 5 heteroatoms. The summed E-state index contributed by atoms with van der Waals surface area (Å²) in [7, 11) is 0. The maximum absolute atomic E-state index is 12.8. The molecule has 5 aliphatic rings. The van der Waals surface area contributed by atoms with Gasteiger partial charge in [-0.3, -0.25) is 14.4 Å². The van der Waals surface area contributed by atoms with Crippen LogP contribution in [0.15, 0.2) is 34.9 Å². The first kappa shape index (κ1) is 25.6. The minimum absolute atomic E-state index is 0.0454. The summed E-state index contributed by atoms with van der Waals surface area (Å²) in [5, 5.41) is 13.5. The van der Waals surface area contributed by atoms with Gasteiger partial charge in [-0.15, -0.1) is 0 Å². The minimum Gasteiger partial charge on any atom is -0.395 e. The molecule has 3 fully saturated rings. The Labute approximate surface area is 215 Å². The quantitative estimate of drug-likeness (QED) is 0.516. The van der Waals surface area contributed by atoms with E-state index in [9.17, 15) is 19.5 Å². The van der Waals surface area contributed by atoms with Gasteiger partial charge in [-0.25, -0.2) is 0 Å². The van der Waals surface area contributed by atoms with E-state index in [-0.39, 0.29) is 39.7 Å².